The van der Waals surface area contributed by atoms with Gasteiger partial charge in [-0.2, -0.15) is 0 Å². The van der Waals surface area contributed by atoms with Gasteiger partial charge in [0.05, 0.1) is 11.2 Å². The van der Waals surface area contributed by atoms with Crippen LogP contribution >= 0.6 is 0 Å². The maximum atomic E-state index is 4.43. The third kappa shape index (κ3) is 2.82. The van der Waals surface area contributed by atoms with Gasteiger partial charge in [0.15, 0.2) is 0 Å². The zero-order valence-corrected chi connectivity index (χ0v) is 13.1. The molecule has 0 aliphatic heterocycles. The van der Waals surface area contributed by atoms with Crippen LogP contribution in [-0.4, -0.2) is 9.97 Å². The lowest BCUT2D eigenvalue weighted by Gasteiger charge is -2.06. The first-order chi connectivity index (χ1) is 11.9. The van der Waals surface area contributed by atoms with Crippen molar-refractivity contribution in [2.45, 2.75) is 0 Å². The van der Waals surface area contributed by atoms with Crippen LogP contribution in [0.15, 0.2) is 85.2 Å². The molecule has 0 radical (unpaired) electrons. The summed E-state index contributed by atoms with van der Waals surface area (Å²) in [5.74, 6) is 0. The van der Waals surface area contributed by atoms with E-state index in [1.807, 2.05) is 24.3 Å². The Morgan fingerprint density at radius 3 is 2.29 bits per heavy atom. The highest BCUT2D eigenvalue weighted by Gasteiger charge is 2.03. The van der Waals surface area contributed by atoms with E-state index < -0.39 is 0 Å². The molecule has 2 heteroatoms. The van der Waals surface area contributed by atoms with Crippen molar-refractivity contribution in [2.24, 2.45) is 0 Å². The summed E-state index contributed by atoms with van der Waals surface area (Å²) < 4.78 is 0. The van der Waals surface area contributed by atoms with Crippen LogP contribution in [0.3, 0.4) is 0 Å². The van der Waals surface area contributed by atoms with Crippen LogP contribution in [0.4, 0.5) is 0 Å². The molecule has 0 unspecified atom stereocenters. The highest BCUT2D eigenvalue weighted by Crippen LogP contribution is 2.25. The van der Waals surface area contributed by atoms with E-state index in [2.05, 4.69) is 76.7 Å². The van der Waals surface area contributed by atoms with Gasteiger partial charge in [-0.15, -0.1) is 0 Å². The molecule has 2 nitrogen and oxygen atoms in total. The Balaban J connectivity index is 1.77. The van der Waals surface area contributed by atoms with Crippen molar-refractivity contribution in [3.8, 4) is 11.1 Å². The van der Waals surface area contributed by atoms with E-state index >= 15 is 0 Å². The fraction of sp³-hybridized carbons (Fsp3) is 0. The number of aromatic nitrogens is 2. The zero-order valence-electron chi connectivity index (χ0n) is 13.1. The number of hydrogen-bond donors (Lipinski definition) is 0. The SMILES string of the molecule is C(=Cc1ncnc2ccccc12)c1ccccc1-c1ccccc1. The number of hydrogen-bond acceptors (Lipinski definition) is 2. The Bertz CT molecular complexity index is 999. The van der Waals surface area contributed by atoms with Crippen molar-refractivity contribution < 1.29 is 0 Å². The van der Waals surface area contributed by atoms with E-state index in [9.17, 15) is 0 Å². The number of rotatable bonds is 3. The van der Waals surface area contributed by atoms with E-state index in [1.54, 1.807) is 6.33 Å². The summed E-state index contributed by atoms with van der Waals surface area (Å²) in [7, 11) is 0. The lowest BCUT2D eigenvalue weighted by molar-refractivity contribution is 1.21. The Morgan fingerprint density at radius 1 is 0.625 bits per heavy atom. The van der Waals surface area contributed by atoms with Gasteiger partial charge in [0.25, 0.3) is 0 Å². The lowest BCUT2D eigenvalue weighted by Crippen LogP contribution is -1.87. The van der Waals surface area contributed by atoms with E-state index in [4.69, 9.17) is 0 Å². The molecule has 4 rings (SSSR count). The second-order valence-corrected chi connectivity index (χ2v) is 5.56. The minimum Gasteiger partial charge on any atom is -0.236 e. The van der Waals surface area contributed by atoms with Crippen LogP contribution in [0, 0.1) is 0 Å². The molecule has 1 aromatic heterocycles. The molecule has 114 valence electrons. The number of nitrogens with zero attached hydrogens (tertiary/aromatic N) is 2. The monoisotopic (exact) mass is 308 g/mol. The smallest absolute Gasteiger partial charge is 0.116 e. The van der Waals surface area contributed by atoms with Gasteiger partial charge in [0.2, 0.25) is 0 Å². The third-order valence-corrected chi connectivity index (χ3v) is 4.04. The van der Waals surface area contributed by atoms with Crippen molar-refractivity contribution in [1.29, 1.82) is 0 Å². The molecule has 3 aromatic carbocycles. The normalized spacial score (nSPS) is 11.2. The molecule has 0 aliphatic carbocycles. The van der Waals surface area contributed by atoms with E-state index in [0.717, 1.165) is 16.6 Å². The molecule has 0 bridgehead atoms. The van der Waals surface area contributed by atoms with Crippen LogP contribution in [-0.2, 0) is 0 Å². The van der Waals surface area contributed by atoms with E-state index in [0.29, 0.717) is 0 Å². The van der Waals surface area contributed by atoms with Crippen LogP contribution < -0.4 is 0 Å². The van der Waals surface area contributed by atoms with E-state index in [1.165, 1.54) is 16.7 Å². The molecular formula is C22H16N2. The molecule has 4 aromatic rings. The summed E-state index contributed by atoms with van der Waals surface area (Å²) in [5.41, 5.74) is 5.50. The number of para-hydroxylation sites is 1. The van der Waals surface area contributed by atoms with Gasteiger partial charge >= 0.3 is 0 Å². The van der Waals surface area contributed by atoms with Crippen molar-refractivity contribution in [3.05, 3.63) is 96.4 Å². The topological polar surface area (TPSA) is 25.8 Å². The summed E-state index contributed by atoms with van der Waals surface area (Å²) in [6.07, 6.45) is 5.80. The molecule has 0 spiro atoms. The van der Waals surface area contributed by atoms with Crippen LogP contribution in [0.1, 0.15) is 11.3 Å². The first-order valence-electron chi connectivity index (χ1n) is 7.94. The Kier molecular flexibility index (Phi) is 3.86. The van der Waals surface area contributed by atoms with Gasteiger partial charge in [0, 0.05) is 5.39 Å². The second-order valence-electron chi connectivity index (χ2n) is 5.56. The molecule has 24 heavy (non-hydrogen) atoms. The van der Waals surface area contributed by atoms with E-state index in [-0.39, 0.29) is 0 Å². The number of benzene rings is 3. The molecule has 0 saturated heterocycles. The Labute approximate surface area is 141 Å². The average Bonchev–Trinajstić information content (AvgIpc) is 2.67. The lowest BCUT2D eigenvalue weighted by atomic mass is 9.99. The van der Waals surface area contributed by atoms with Gasteiger partial charge < -0.3 is 0 Å². The first-order valence-corrected chi connectivity index (χ1v) is 7.94. The molecular weight excluding hydrogens is 292 g/mol. The summed E-state index contributed by atoms with van der Waals surface area (Å²) in [6, 6.07) is 26.9. The first kappa shape index (κ1) is 14.3. The maximum Gasteiger partial charge on any atom is 0.116 e. The number of fused-ring (bicyclic) bond motifs is 1. The summed E-state index contributed by atoms with van der Waals surface area (Å²) in [5, 5.41) is 1.06. The Morgan fingerprint density at radius 2 is 1.38 bits per heavy atom. The fourth-order valence-electron chi connectivity index (χ4n) is 2.85. The summed E-state index contributed by atoms with van der Waals surface area (Å²) >= 11 is 0. The minimum absolute atomic E-state index is 0.934. The molecule has 0 fully saturated rings. The third-order valence-electron chi connectivity index (χ3n) is 4.04. The predicted molar refractivity (Wildman–Crippen MR) is 100 cm³/mol. The van der Waals surface area contributed by atoms with Gasteiger partial charge in [-0.3, -0.25) is 0 Å². The molecule has 0 saturated carbocycles. The van der Waals surface area contributed by atoms with Crippen molar-refractivity contribution in [1.82, 2.24) is 9.97 Å². The average molecular weight is 308 g/mol. The maximum absolute atomic E-state index is 4.43. The zero-order chi connectivity index (χ0) is 16.2. The van der Waals surface area contributed by atoms with Crippen LogP contribution in [0.2, 0.25) is 0 Å². The minimum atomic E-state index is 0.934. The van der Waals surface area contributed by atoms with Crippen LogP contribution in [0.5, 0.6) is 0 Å². The largest absolute Gasteiger partial charge is 0.236 e. The molecule has 0 aliphatic rings. The highest BCUT2D eigenvalue weighted by atomic mass is 14.8. The van der Waals surface area contributed by atoms with Gasteiger partial charge in [0.1, 0.15) is 6.33 Å². The predicted octanol–water partition coefficient (Wildman–Crippen LogP) is 5.47. The Hall–Kier alpha value is -3.26. The summed E-state index contributed by atoms with van der Waals surface area (Å²) in [4.78, 5) is 8.74. The van der Waals surface area contributed by atoms with Gasteiger partial charge in [-0.05, 0) is 28.8 Å². The molecule has 1 heterocycles. The van der Waals surface area contributed by atoms with Crippen molar-refractivity contribution in [3.63, 3.8) is 0 Å². The van der Waals surface area contributed by atoms with Crippen molar-refractivity contribution in [2.75, 3.05) is 0 Å². The fourth-order valence-corrected chi connectivity index (χ4v) is 2.85. The van der Waals surface area contributed by atoms with Gasteiger partial charge in [-0.1, -0.05) is 78.9 Å². The standard InChI is InChI=1S/C22H16N2/c1-2-8-17(9-3-1)19-11-5-4-10-18(19)14-15-22-20-12-6-7-13-21(20)23-16-24-22/h1-16H. The van der Waals surface area contributed by atoms with Crippen molar-refractivity contribution >= 4 is 23.1 Å². The highest BCUT2D eigenvalue weighted by molar-refractivity contribution is 5.90. The quantitative estimate of drug-likeness (QED) is 0.501. The molecule has 0 amide bonds. The second kappa shape index (κ2) is 6.47. The summed E-state index contributed by atoms with van der Waals surface area (Å²) in [6.45, 7) is 0. The molecule has 0 atom stereocenters. The van der Waals surface area contributed by atoms with Crippen LogP contribution in [0.25, 0.3) is 34.2 Å². The molecule has 0 N–H and O–H groups in total. The van der Waals surface area contributed by atoms with Gasteiger partial charge in [-0.25, -0.2) is 9.97 Å².